The van der Waals surface area contributed by atoms with Gasteiger partial charge in [-0.15, -0.1) is 0 Å². The van der Waals surface area contributed by atoms with Gasteiger partial charge in [-0.25, -0.2) is 14.8 Å². The fraction of sp³-hybridized carbons (Fsp3) is 0.500. The summed E-state index contributed by atoms with van der Waals surface area (Å²) >= 11 is 7.51. The molecule has 0 aromatic carbocycles. The van der Waals surface area contributed by atoms with Crippen molar-refractivity contribution in [3.63, 3.8) is 0 Å². The van der Waals surface area contributed by atoms with Gasteiger partial charge in [0.1, 0.15) is 11.3 Å². The number of fused-ring (bicyclic) bond motifs is 1. The van der Waals surface area contributed by atoms with E-state index in [-0.39, 0.29) is 6.10 Å². The molecule has 1 aromatic rings. The Morgan fingerprint density at radius 1 is 1.53 bits per heavy atom. The molecule has 1 aliphatic heterocycles. The lowest BCUT2D eigenvalue weighted by molar-refractivity contribution is 0.0958. The first-order chi connectivity index (χ1) is 8.08. The lowest BCUT2D eigenvalue weighted by Gasteiger charge is -2.30. The number of amides is 1. The fourth-order valence-corrected chi connectivity index (χ4v) is 2.37. The molecule has 17 heavy (non-hydrogen) atoms. The molecule has 1 atom stereocenters. The van der Waals surface area contributed by atoms with Gasteiger partial charge in [-0.05, 0) is 12.7 Å². The highest BCUT2D eigenvalue weighted by Gasteiger charge is 2.33. The predicted molar refractivity (Wildman–Crippen MR) is 66.7 cm³/mol. The predicted octanol–water partition coefficient (Wildman–Crippen LogP) is 2.89. The van der Waals surface area contributed by atoms with E-state index < -0.39 is 6.09 Å². The Balaban J connectivity index is 2.60. The molecule has 0 aliphatic carbocycles. The molecule has 0 spiro atoms. The zero-order valence-corrected chi connectivity index (χ0v) is 11.3. The van der Waals surface area contributed by atoms with E-state index in [0.29, 0.717) is 28.1 Å². The monoisotopic (exact) mass is 273 g/mol. The van der Waals surface area contributed by atoms with Gasteiger partial charge in [-0.2, -0.15) is 0 Å². The first-order valence-electron chi connectivity index (χ1n) is 5.14. The number of ether oxygens (including phenoxy) is 1. The van der Waals surface area contributed by atoms with Crippen LogP contribution < -0.4 is 4.90 Å². The van der Waals surface area contributed by atoms with Crippen LogP contribution in [-0.2, 0) is 4.74 Å². The Kier molecular flexibility index (Phi) is 3.44. The van der Waals surface area contributed by atoms with E-state index in [2.05, 4.69) is 9.97 Å². The zero-order chi connectivity index (χ0) is 12.6. The molecule has 1 unspecified atom stereocenters. The van der Waals surface area contributed by atoms with Gasteiger partial charge in [0.05, 0.1) is 5.56 Å². The van der Waals surface area contributed by atoms with Gasteiger partial charge >= 0.3 is 6.09 Å². The van der Waals surface area contributed by atoms with Crippen molar-refractivity contribution in [2.75, 3.05) is 18.2 Å². The van der Waals surface area contributed by atoms with Crippen molar-refractivity contribution >= 4 is 35.3 Å². The Morgan fingerprint density at radius 2 is 2.24 bits per heavy atom. The standard InChI is InChI=1S/C10H12ClN3O2S/c1-4-5-6-7(11)12-9(17-3)13-8(6)14(2)10(15)16-5/h5H,4H2,1-3H3. The van der Waals surface area contributed by atoms with E-state index >= 15 is 0 Å². The number of thioether (sulfide) groups is 1. The Hall–Kier alpha value is -1.01. The SMILES string of the molecule is CCC1OC(=O)N(C)c2nc(SC)nc(Cl)c21. The molecule has 7 heteroatoms. The summed E-state index contributed by atoms with van der Waals surface area (Å²) in [5.41, 5.74) is 0.689. The molecule has 0 saturated heterocycles. The number of anilines is 1. The van der Waals surface area contributed by atoms with Crippen LogP contribution in [-0.4, -0.2) is 29.4 Å². The summed E-state index contributed by atoms with van der Waals surface area (Å²) in [6, 6.07) is 0. The van der Waals surface area contributed by atoms with Crippen molar-refractivity contribution < 1.29 is 9.53 Å². The number of nitrogens with zero attached hydrogens (tertiary/aromatic N) is 3. The van der Waals surface area contributed by atoms with Crippen LogP contribution in [0, 0.1) is 0 Å². The molecule has 0 saturated carbocycles. The third-order valence-corrected chi connectivity index (χ3v) is 3.40. The van der Waals surface area contributed by atoms with E-state index in [1.54, 1.807) is 7.05 Å². The number of rotatable bonds is 2. The minimum absolute atomic E-state index is 0.352. The first-order valence-corrected chi connectivity index (χ1v) is 6.74. The summed E-state index contributed by atoms with van der Waals surface area (Å²) in [5, 5.41) is 0.899. The second-order valence-corrected chi connectivity index (χ2v) is 4.71. The van der Waals surface area contributed by atoms with E-state index in [1.165, 1.54) is 16.7 Å². The molecular formula is C10H12ClN3O2S. The van der Waals surface area contributed by atoms with Gasteiger partial charge in [0.2, 0.25) is 0 Å². The lowest BCUT2D eigenvalue weighted by atomic mass is 10.1. The second-order valence-electron chi connectivity index (χ2n) is 3.58. The average molecular weight is 274 g/mol. The molecule has 1 aromatic heterocycles. The number of halogens is 1. The van der Waals surface area contributed by atoms with Gasteiger partial charge in [-0.3, -0.25) is 4.90 Å². The Morgan fingerprint density at radius 3 is 2.82 bits per heavy atom. The maximum absolute atomic E-state index is 11.6. The normalized spacial score (nSPS) is 18.9. The minimum atomic E-state index is -0.411. The van der Waals surface area contributed by atoms with Gasteiger partial charge < -0.3 is 4.74 Å². The van der Waals surface area contributed by atoms with Crippen LogP contribution in [0.15, 0.2) is 5.16 Å². The van der Waals surface area contributed by atoms with Crippen LogP contribution in [0.4, 0.5) is 10.6 Å². The van der Waals surface area contributed by atoms with E-state index in [0.717, 1.165) is 0 Å². The molecule has 0 bridgehead atoms. The van der Waals surface area contributed by atoms with Crippen LogP contribution in [0.25, 0.3) is 0 Å². The molecule has 0 radical (unpaired) electrons. The Bertz CT molecular complexity index is 469. The highest BCUT2D eigenvalue weighted by Crippen LogP contribution is 2.38. The molecule has 1 amide bonds. The van der Waals surface area contributed by atoms with Crippen molar-refractivity contribution in [3.8, 4) is 0 Å². The molecule has 92 valence electrons. The summed E-state index contributed by atoms with van der Waals surface area (Å²) in [4.78, 5) is 21.5. The average Bonchev–Trinajstić information content (AvgIpc) is 2.33. The van der Waals surface area contributed by atoms with Crippen LogP contribution in [0.1, 0.15) is 25.0 Å². The summed E-state index contributed by atoms with van der Waals surface area (Å²) in [5.74, 6) is 0.539. The van der Waals surface area contributed by atoms with Crippen LogP contribution in [0.3, 0.4) is 0 Å². The highest BCUT2D eigenvalue weighted by molar-refractivity contribution is 7.98. The van der Waals surface area contributed by atoms with Crippen LogP contribution >= 0.6 is 23.4 Å². The van der Waals surface area contributed by atoms with Crippen molar-refractivity contribution in [3.05, 3.63) is 10.7 Å². The molecule has 5 nitrogen and oxygen atoms in total. The van der Waals surface area contributed by atoms with Crippen molar-refractivity contribution in [1.82, 2.24) is 9.97 Å². The summed E-state index contributed by atoms with van der Waals surface area (Å²) in [7, 11) is 1.61. The van der Waals surface area contributed by atoms with E-state index in [1.807, 2.05) is 13.2 Å². The van der Waals surface area contributed by atoms with Gasteiger partial charge in [0.25, 0.3) is 0 Å². The lowest BCUT2D eigenvalue weighted by Crippen LogP contribution is -2.35. The maximum Gasteiger partial charge on any atom is 0.415 e. The van der Waals surface area contributed by atoms with Gasteiger partial charge in [0, 0.05) is 7.05 Å². The Labute approximate surface area is 109 Å². The van der Waals surface area contributed by atoms with E-state index in [4.69, 9.17) is 16.3 Å². The fourth-order valence-electron chi connectivity index (χ4n) is 1.67. The molecule has 2 rings (SSSR count). The molecule has 0 N–H and O–H groups in total. The largest absolute Gasteiger partial charge is 0.441 e. The zero-order valence-electron chi connectivity index (χ0n) is 9.73. The van der Waals surface area contributed by atoms with Gasteiger partial charge in [-0.1, -0.05) is 30.3 Å². The van der Waals surface area contributed by atoms with Crippen molar-refractivity contribution in [2.24, 2.45) is 0 Å². The highest BCUT2D eigenvalue weighted by atomic mass is 35.5. The van der Waals surface area contributed by atoms with Crippen LogP contribution in [0.5, 0.6) is 0 Å². The third kappa shape index (κ3) is 2.07. The van der Waals surface area contributed by atoms with Crippen molar-refractivity contribution in [2.45, 2.75) is 24.6 Å². The van der Waals surface area contributed by atoms with Crippen molar-refractivity contribution in [1.29, 1.82) is 0 Å². The second kappa shape index (κ2) is 4.70. The number of cyclic esters (lactones) is 1. The third-order valence-electron chi connectivity index (χ3n) is 2.57. The smallest absolute Gasteiger partial charge is 0.415 e. The minimum Gasteiger partial charge on any atom is -0.441 e. The maximum atomic E-state index is 11.6. The van der Waals surface area contributed by atoms with E-state index in [9.17, 15) is 4.79 Å². The molecule has 1 aliphatic rings. The number of hydrogen-bond donors (Lipinski definition) is 0. The summed E-state index contributed by atoms with van der Waals surface area (Å²) < 4.78 is 5.24. The number of carbonyl (C=O) groups is 1. The molecule has 2 heterocycles. The summed E-state index contributed by atoms with van der Waals surface area (Å²) in [6.07, 6.45) is 1.73. The number of carbonyl (C=O) groups excluding carboxylic acids is 1. The number of hydrogen-bond acceptors (Lipinski definition) is 5. The molecule has 0 fully saturated rings. The topological polar surface area (TPSA) is 55.3 Å². The summed E-state index contributed by atoms with van der Waals surface area (Å²) in [6.45, 7) is 1.92. The van der Waals surface area contributed by atoms with Crippen LogP contribution in [0.2, 0.25) is 5.15 Å². The quantitative estimate of drug-likeness (QED) is 0.471. The first kappa shape index (κ1) is 12.4. The molecular weight excluding hydrogens is 262 g/mol. The number of aromatic nitrogens is 2. The van der Waals surface area contributed by atoms with Gasteiger partial charge in [0.15, 0.2) is 11.0 Å².